The Balaban J connectivity index is 1.60. The van der Waals surface area contributed by atoms with Gasteiger partial charge in [0.25, 0.3) is 5.91 Å². The van der Waals surface area contributed by atoms with E-state index in [4.69, 9.17) is 9.47 Å². The lowest BCUT2D eigenvalue weighted by Gasteiger charge is -2.23. The first-order valence-electron chi connectivity index (χ1n) is 7.47. The van der Waals surface area contributed by atoms with Crippen LogP contribution in [0.3, 0.4) is 0 Å². The molecule has 0 unspecified atom stereocenters. The van der Waals surface area contributed by atoms with E-state index in [9.17, 15) is 9.59 Å². The molecule has 118 valence electrons. The molecule has 2 atom stereocenters. The van der Waals surface area contributed by atoms with Crippen molar-refractivity contribution in [3.63, 3.8) is 0 Å². The standard InChI is InChI=1S/C16H19NO4S/c18-15(12-5-2-1-3-6-12)17-11-22-10-14(17)16(19)21-9-13-7-4-8-20-13/h1-3,5-6,13-14H,4,7-11H2/t13-,14+/m1/s1. The first kappa shape index (κ1) is 15.4. The molecule has 0 spiro atoms. The largest absolute Gasteiger partial charge is 0.461 e. The van der Waals surface area contributed by atoms with Gasteiger partial charge in [-0.1, -0.05) is 18.2 Å². The number of nitrogens with zero attached hydrogens (tertiary/aromatic N) is 1. The lowest BCUT2D eigenvalue weighted by Crippen LogP contribution is -2.43. The predicted molar refractivity (Wildman–Crippen MR) is 83.7 cm³/mol. The Hall–Kier alpha value is -1.53. The predicted octanol–water partition coefficient (Wildman–Crippen LogP) is 1.92. The monoisotopic (exact) mass is 321 g/mol. The van der Waals surface area contributed by atoms with E-state index in [0.717, 1.165) is 19.4 Å². The van der Waals surface area contributed by atoms with Gasteiger partial charge in [0.05, 0.1) is 12.0 Å². The fraction of sp³-hybridized carbons (Fsp3) is 0.500. The van der Waals surface area contributed by atoms with E-state index in [2.05, 4.69) is 0 Å². The van der Waals surface area contributed by atoms with E-state index < -0.39 is 6.04 Å². The van der Waals surface area contributed by atoms with Crippen molar-refractivity contribution < 1.29 is 19.1 Å². The van der Waals surface area contributed by atoms with Gasteiger partial charge in [-0.25, -0.2) is 4.79 Å². The second kappa shape index (κ2) is 7.15. The molecule has 2 aliphatic rings. The van der Waals surface area contributed by atoms with Gasteiger partial charge in [0.15, 0.2) is 0 Å². The molecule has 0 aliphatic carbocycles. The molecular formula is C16H19NO4S. The van der Waals surface area contributed by atoms with Gasteiger partial charge in [0.2, 0.25) is 0 Å². The fourth-order valence-electron chi connectivity index (χ4n) is 2.63. The van der Waals surface area contributed by atoms with Gasteiger partial charge in [0.1, 0.15) is 12.6 Å². The van der Waals surface area contributed by atoms with Crippen molar-refractivity contribution in [1.29, 1.82) is 0 Å². The van der Waals surface area contributed by atoms with Gasteiger partial charge in [-0.2, -0.15) is 0 Å². The highest BCUT2D eigenvalue weighted by Crippen LogP contribution is 2.24. The van der Waals surface area contributed by atoms with Crippen molar-refractivity contribution in [1.82, 2.24) is 4.90 Å². The van der Waals surface area contributed by atoms with Crippen molar-refractivity contribution in [3.8, 4) is 0 Å². The normalized spacial score (nSPS) is 24.5. The smallest absolute Gasteiger partial charge is 0.329 e. The highest BCUT2D eigenvalue weighted by atomic mass is 32.2. The van der Waals surface area contributed by atoms with Crippen molar-refractivity contribution >= 4 is 23.6 Å². The number of rotatable bonds is 4. The Kier molecular flexibility index (Phi) is 5.00. The number of carbonyl (C=O) groups is 2. The Morgan fingerprint density at radius 1 is 1.32 bits per heavy atom. The number of thioether (sulfide) groups is 1. The summed E-state index contributed by atoms with van der Waals surface area (Å²) in [5.74, 6) is 0.658. The summed E-state index contributed by atoms with van der Waals surface area (Å²) in [6.07, 6.45) is 1.95. The molecular weight excluding hydrogens is 302 g/mol. The zero-order chi connectivity index (χ0) is 15.4. The molecule has 6 heteroatoms. The molecule has 2 saturated heterocycles. The summed E-state index contributed by atoms with van der Waals surface area (Å²) >= 11 is 1.57. The van der Waals surface area contributed by atoms with Gasteiger partial charge in [-0.3, -0.25) is 4.79 Å². The van der Waals surface area contributed by atoms with Gasteiger partial charge in [-0.05, 0) is 25.0 Å². The first-order valence-corrected chi connectivity index (χ1v) is 8.63. The number of benzene rings is 1. The molecule has 0 aromatic heterocycles. The van der Waals surface area contributed by atoms with Gasteiger partial charge in [-0.15, -0.1) is 11.8 Å². The van der Waals surface area contributed by atoms with Crippen LogP contribution >= 0.6 is 11.8 Å². The van der Waals surface area contributed by atoms with Crippen molar-refractivity contribution in [2.24, 2.45) is 0 Å². The summed E-state index contributed by atoms with van der Waals surface area (Å²) in [4.78, 5) is 26.4. The van der Waals surface area contributed by atoms with Crippen LogP contribution in [-0.4, -0.2) is 53.8 Å². The maximum absolute atomic E-state index is 12.5. The van der Waals surface area contributed by atoms with Crippen molar-refractivity contribution in [2.75, 3.05) is 24.8 Å². The third kappa shape index (κ3) is 3.44. The van der Waals surface area contributed by atoms with Gasteiger partial charge >= 0.3 is 5.97 Å². The molecule has 1 amide bonds. The van der Waals surface area contributed by atoms with E-state index in [1.807, 2.05) is 18.2 Å². The molecule has 5 nitrogen and oxygen atoms in total. The maximum atomic E-state index is 12.5. The Labute approximate surface area is 134 Å². The number of amides is 1. The van der Waals surface area contributed by atoms with Crippen LogP contribution in [0.15, 0.2) is 30.3 Å². The minimum absolute atomic E-state index is 0.0104. The zero-order valence-corrected chi connectivity index (χ0v) is 13.1. The molecule has 1 aromatic carbocycles. The number of hydrogen-bond donors (Lipinski definition) is 0. The lowest BCUT2D eigenvalue weighted by atomic mass is 10.2. The Morgan fingerprint density at radius 2 is 2.14 bits per heavy atom. The highest BCUT2D eigenvalue weighted by Gasteiger charge is 2.36. The maximum Gasteiger partial charge on any atom is 0.329 e. The molecule has 2 aliphatic heterocycles. The van der Waals surface area contributed by atoms with Crippen LogP contribution in [0.2, 0.25) is 0 Å². The van der Waals surface area contributed by atoms with Crippen LogP contribution < -0.4 is 0 Å². The van der Waals surface area contributed by atoms with E-state index in [1.165, 1.54) is 0 Å². The molecule has 2 fully saturated rings. The lowest BCUT2D eigenvalue weighted by molar-refractivity contribution is -0.150. The fourth-order valence-corrected chi connectivity index (χ4v) is 3.77. The molecule has 0 saturated carbocycles. The number of carbonyl (C=O) groups excluding carboxylic acids is 2. The van der Waals surface area contributed by atoms with Crippen molar-refractivity contribution in [2.45, 2.75) is 25.0 Å². The number of hydrogen-bond acceptors (Lipinski definition) is 5. The summed E-state index contributed by atoms with van der Waals surface area (Å²) in [7, 11) is 0. The average molecular weight is 321 g/mol. The summed E-state index contributed by atoms with van der Waals surface area (Å²) in [6, 6.07) is 8.53. The van der Waals surface area contributed by atoms with E-state index in [0.29, 0.717) is 17.2 Å². The highest BCUT2D eigenvalue weighted by molar-refractivity contribution is 7.99. The number of esters is 1. The van der Waals surface area contributed by atoms with Crippen LogP contribution in [0.5, 0.6) is 0 Å². The van der Waals surface area contributed by atoms with Gasteiger partial charge in [0, 0.05) is 17.9 Å². The third-order valence-corrected chi connectivity index (χ3v) is 4.88. The Morgan fingerprint density at radius 3 is 2.86 bits per heavy atom. The molecule has 1 aromatic rings. The topological polar surface area (TPSA) is 55.8 Å². The van der Waals surface area contributed by atoms with Crippen LogP contribution in [0.1, 0.15) is 23.2 Å². The van der Waals surface area contributed by atoms with Crippen LogP contribution in [0.25, 0.3) is 0 Å². The third-order valence-electron chi connectivity index (χ3n) is 3.87. The average Bonchev–Trinajstić information content (AvgIpc) is 3.24. The second-order valence-corrected chi connectivity index (χ2v) is 6.42. The molecule has 22 heavy (non-hydrogen) atoms. The summed E-state index contributed by atoms with van der Waals surface area (Å²) < 4.78 is 10.8. The molecule has 3 rings (SSSR count). The van der Waals surface area contributed by atoms with E-state index in [1.54, 1.807) is 28.8 Å². The van der Waals surface area contributed by atoms with Crippen LogP contribution in [0.4, 0.5) is 0 Å². The molecule has 0 N–H and O–H groups in total. The number of ether oxygens (including phenoxy) is 2. The molecule has 0 bridgehead atoms. The Bertz CT molecular complexity index is 530. The van der Waals surface area contributed by atoms with Crippen LogP contribution in [0, 0.1) is 0 Å². The van der Waals surface area contributed by atoms with E-state index >= 15 is 0 Å². The summed E-state index contributed by atoms with van der Waals surface area (Å²) in [5, 5.41) is 0. The van der Waals surface area contributed by atoms with Crippen molar-refractivity contribution in [3.05, 3.63) is 35.9 Å². The summed E-state index contributed by atoms with van der Waals surface area (Å²) in [5.41, 5.74) is 0.599. The summed E-state index contributed by atoms with van der Waals surface area (Å²) in [6.45, 7) is 1.02. The quantitative estimate of drug-likeness (QED) is 0.793. The van der Waals surface area contributed by atoms with Crippen LogP contribution in [-0.2, 0) is 14.3 Å². The molecule has 2 heterocycles. The van der Waals surface area contributed by atoms with Gasteiger partial charge < -0.3 is 14.4 Å². The second-order valence-electron chi connectivity index (χ2n) is 5.42. The minimum Gasteiger partial charge on any atom is -0.461 e. The minimum atomic E-state index is -0.501. The van der Waals surface area contributed by atoms with E-state index in [-0.39, 0.29) is 24.6 Å². The zero-order valence-electron chi connectivity index (χ0n) is 12.3. The SMILES string of the molecule is O=C(OC[C@H]1CCCO1)[C@@H]1CSCN1C(=O)c1ccccc1. The first-order chi connectivity index (χ1) is 10.8. The molecule has 0 radical (unpaired) electrons.